The van der Waals surface area contributed by atoms with Crippen LogP contribution in [0.25, 0.3) is 0 Å². The largest absolute Gasteiger partial charge is 0.418 e. The second kappa shape index (κ2) is 7.17. The second-order valence-electron chi connectivity index (χ2n) is 5.63. The molecule has 2 N–H and O–H groups in total. The van der Waals surface area contributed by atoms with Gasteiger partial charge in [-0.3, -0.25) is 0 Å². The van der Waals surface area contributed by atoms with Crippen LogP contribution in [0.3, 0.4) is 0 Å². The van der Waals surface area contributed by atoms with Crippen LogP contribution >= 0.6 is 11.9 Å². The number of anilines is 2. The Hall–Kier alpha value is -1.82. The Kier molecular flexibility index (Phi) is 5.46. The number of alkyl halides is 3. The SMILES string of the molecule is CC(C)CN(Sc1ccc(N)cc1)c1ccccc1C(F)(F)F. The topological polar surface area (TPSA) is 29.3 Å². The highest BCUT2D eigenvalue weighted by Gasteiger charge is 2.34. The third kappa shape index (κ3) is 4.82. The Morgan fingerprint density at radius 1 is 1.04 bits per heavy atom. The number of benzene rings is 2. The Morgan fingerprint density at radius 2 is 1.65 bits per heavy atom. The van der Waals surface area contributed by atoms with Gasteiger partial charge in [0.15, 0.2) is 0 Å². The van der Waals surface area contributed by atoms with E-state index >= 15 is 0 Å². The molecule has 0 bridgehead atoms. The van der Waals surface area contributed by atoms with Gasteiger partial charge < -0.3 is 10.0 Å². The first-order valence-corrected chi connectivity index (χ1v) is 8.02. The highest BCUT2D eigenvalue weighted by molar-refractivity contribution is 8.00. The van der Waals surface area contributed by atoms with Gasteiger partial charge in [-0.05, 0) is 54.3 Å². The van der Waals surface area contributed by atoms with Crippen molar-refractivity contribution in [3.8, 4) is 0 Å². The summed E-state index contributed by atoms with van der Waals surface area (Å²) in [4.78, 5) is 0.844. The van der Waals surface area contributed by atoms with Crippen molar-refractivity contribution in [3.63, 3.8) is 0 Å². The highest BCUT2D eigenvalue weighted by atomic mass is 32.2. The molecule has 0 aliphatic heterocycles. The molecule has 124 valence electrons. The Balaban J connectivity index is 2.37. The minimum Gasteiger partial charge on any atom is -0.399 e. The van der Waals surface area contributed by atoms with E-state index in [1.165, 1.54) is 24.1 Å². The number of hydrogen-bond acceptors (Lipinski definition) is 3. The van der Waals surface area contributed by atoms with E-state index in [0.29, 0.717) is 12.2 Å². The molecule has 0 aliphatic rings. The van der Waals surface area contributed by atoms with Gasteiger partial charge in [-0.2, -0.15) is 13.2 Å². The van der Waals surface area contributed by atoms with E-state index in [-0.39, 0.29) is 11.6 Å². The van der Waals surface area contributed by atoms with Crippen molar-refractivity contribution in [1.29, 1.82) is 0 Å². The molecule has 2 rings (SSSR count). The molecule has 0 aromatic heterocycles. The zero-order valence-corrected chi connectivity index (χ0v) is 13.8. The number of nitrogen functional groups attached to an aromatic ring is 1. The maximum atomic E-state index is 13.3. The van der Waals surface area contributed by atoms with Gasteiger partial charge in [-0.1, -0.05) is 26.0 Å². The zero-order chi connectivity index (χ0) is 17.0. The summed E-state index contributed by atoms with van der Waals surface area (Å²) in [5.74, 6) is 0.220. The zero-order valence-electron chi connectivity index (χ0n) is 13.0. The predicted molar refractivity (Wildman–Crippen MR) is 90.3 cm³/mol. The summed E-state index contributed by atoms with van der Waals surface area (Å²) in [5.41, 5.74) is 5.84. The van der Waals surface area contributed by atoms with Crippen LogP contribution in [0.5, 0.6) is 0 Å². The van der Waals surface area contributed by atoms with Crippen LogP contribution in [0.1, 0.15) is 19.4 Å². The van der Waals surface area contributed by atoms with E-state index in [4.69, 9.17) is 5.73 Å². The van der Waals surface area contributed by atoms with Crippen LogP contribution in [0.4, 0.5) is 24.5 Å². The second-order valence-corrected chi connectivity index (χ2v) is 6.72. The molecule has 0 aliphatic carbocycles. The van der Waals surface area contributed by atoms with Gasteiger partial charge in [0.1, 0.15) is 0 Å². The normalized spacial score (nSPS) is 11.7. The molecular formula is C17H19F3N2S. The summed E-state index contributed by atoms with van der Waals surface area (Å²) < 4.78 is 41.5. The first-order chi connectivity index (χ1) is 10.8. The fourth-order valence-corrected chi connectivity index (χ4v) is 3.25. The number of hydrogen-bond donors (Lipinski definition) is 1. The molecule has 0 spiro atoms. The fourth-order valence-electron chi connectivity index (χ4n) is 2.10. The van der Waals surface area contributed by atoms with Crippen molar-refractivity contribution in [2.75, 3.05) is 16.6 Å². The van der Waals surface area contributed by atoms with E-state index in [0.717, 1.165) is 11.0 Å². The van der Waals surface area contributed by atoms with Gasteiger partial charge in [-0.15, -0.1) is 0 Å². The molecule has 0 saturated heterocycles. The maximum Gasteiger partial charge on any atom is 0.418 e. The van der Waals surface area contributed by atoms with Crippen molar-refractivity contribution < 1.29 is 13.2 Å². The lowest BCUT2D eigenvalue weighted by atomic mass is 10.1. The van der Waals surface area contributed by atoms with Crippen LogP contribution in [0.2, 0.25) is 0 Å². The van der Waals surface area contributed by atoms with Crippen molar-refractivity contribution in [2.24, 2.45) is 5.92 Å². The Labute approximate surface area is 138 Å². The van der Waals surface area contributed by atoms with Gasteiger partial charge in [-0.25, -0.2) is 0 Å². The minimum absolute atomic E-state index is 0.176. The van der Waals surface area contributed by atoms with Crippen molar-refractivity contribution in [3.05, 3.63) is 54.1 Å². The van der Waals surface area contributed by atoms with E-state index in [1.807, 2.05) is 26.0 Å². The lowest BCUT2D eigenvalue weighted by Crippen LogP contribution is -2.23. The highest BCUT2D eigenvalue weighted by Crippen LogP contribution is 2.40. The monoisotopic (exact) mass is 340 g/mol. The lowest BCUT2D eigenvalue weighted by molar-refractivity contribution is -0.137. The summed E-state index contributed by atoms with van der Waals surface area (Å²) in [6.45, 7) is 4.46. The summed E-state index contributed by atoms with van der Waals surface area (Å²) in [6, 6.07) is 12.8. The molecule has 0 radical (unpaired) electrons. The van der Waals surface area contributed by atoms with Gasteiger partial charge in [0, 0.05) is 17.1 Å². The summed E-state index contributed by atoms with van der Waals surface area (Å²) in [6.07, 6.45) is -4.38. The predicted octanol–water partition coefficient (Wildman–Crippen LogP) is 5.46. The van der Waals surface area contributed by atoms with E-state index in [1.54, 1.807) is 22.5 Å². The molecule has 0 atom stereocenters. The molecule has 0 saturated carbocycles. The van der Waals surface area contributed by atoms with Crippen LogP contribution in [0, 0.1) is 5.92 Å². The minimum atomic E-state index is -4.38. The average Bonchev–Trinajstić information content (AvgIpc) is 2.47. The molecule has 0 unspecified atom stereocenters. The maximum absolute atomic E-state index is 13.3. The first-order valence-electron chi connectivity index (χ1n) is 7.24. The van der Waals surface area contributed by atoms with Crippen LogP contribution in [-0.2, 0) is 6.18 Å². The number of halogens is 3. The molecule has 2 aromatic carbocycles. The Bertz CT molecular complexity index is 639. The fraction of sp³-hybridized carbons (Fsp3) is 0.294. The quantitative estimate of drug-likeness (QED) is 0.579. The van der Waals surface area contributed by atoms with Gasteiger partial charge >= 0.3 is 6.18 Å². The summed E-state index contributed by atoms with van der Waals surface area (Å²) in [7, 11) is 0. The van der Waals surface area contributed by atoms with Crippen LogP contribution in [-0.4, -0.2) is 6.54 Å². The summed E-state index contributed by atoms with van der Waals surface area (Å²) >= 11 is 1.29. The van der Waals surface area contributed by atoms with E-state index < -0.39 is 11.7 Å². The third-order valence-electron chi connectivity index (χ3n) is 3.10. The van der Waals surface area contributed by atoms with Gasteiger partial charge in [0.05, 0.1) is 11.3 Å². The molecule has 2 aromatic rings. The van der Waals surface area contributed by atoms with Crippen LogP contribution in [0.15, 0.2) is 53.4 Å². The molecule has 0 heterocycles. The lowest BCUT2D eigenvalue weighted by Gasteiger charge is -2.28. The molecule has 2 nitrogen and oxygen atoms in total. The first kappa shape index (κ1) is 17.5. The standard InChI is InChI=1S/C17H19F3N2S/c1-12(2)11-22(23-14-9-7-13(21)8-10-14)16-6-4-3-5-15(16)17(18,19)20/h3-10,12H,11,21H2,1-2H3. The van der Waals surface area contributed by atoms with Crippen molar-refractivity contribution >= 4 is 23.3 Å². The summed E-state index contributed by atoms with van der Waals surface area (Å²) in [5, 5.41) is 0. The smallest absolute Gasteiger partial charge is 0.399 e. The molecule has 0 fully saturated rings. The number of nitrogens with two attached hydrogens (primary N) is 1. The van der Waals surface area contributed by atoms with E-state index in [2.05, 4.69) is 0 Å². The number of rotatable bonds is 5. The number of para-hydroxylation sites is 1. The van der Waals surface area contributed by atoms with Gasteiger partial charge in [0.25, 0.3) is 0 Å². The van der Waals surface area contributed by atoms with Crippen molar-refractivity contribution in [1.82, 2.24) is 0 Å². The molecular weight excluding hydrogens is 321 g/mol. The Morgan fingerprint density at radius 3 is 2.22 bits per heavy atom. The van der Waals surface area contributed by atoms with Crippen LogP contribution < -0.4 is 10.0 Å². The van der Waals surface area contributed by atoms with Gasteiger partial charge in [0.2, 0.25) is 0 Å². The molecule has 23 heavy (non-hydrogen) atoms. The third-order valence-corrected chi connectivity index (χ3v) is 4.15. The van der Waals surface area contributed by atoms with Crippen molar-refractivity contribution in [2.45, 2.75) is 24.9 Å². The average molecular weight is 340 g/mol. The number of nitrogens with zero attached hydrogens (tertiary/aromatic N) is 1. The van der Waals surface area contributed by atoms with E-state index in [9.17, 15) is 13.2 Å². The molecule has 0 amide bonds. The molecule has 6 heteroatoms.